The van der Waals surface area contributed by atoms with Gasteiger partial charge < -0.3 is 0 Å². The Morgan fingerprint density at radius 3 is 2.57 bits per heavy atom. The fourth-order valence-corrected chi connectivity index (χ4v) is 0.898. The molecular weight excluding hydrogens is 225 g/mol. The van der Waals surface area contributed by atoms with E-state index in [0.717, 1.165) is 5.56 Å². The van der Waals surface area contributed by atoms with Gasteiger partial charge >= 0.3 is 0 Å². The molecule has 0 radical (unpaired) electrons. The Bertz CT molecular complexity index is 290. The van der Waals surface area contributed by atoms with Crippen LogP contribution < -0.4 is 5.48 Å². The van der Waals surface area contributed by atoms with Crippen LogP contribution in [0.25, 0.3) is 0 Å². The van der Waals surface area contributed by atoms with Crippen LogP contribution in [-0.2, 0) is 16.2 Å². The molecular formula is C9H9Cl2NO2. The third kappa shape index (κ3) is 3.96. The first kappa shape index (κ1) is 11.3. The minimum Gasteiger partial charge on any atom is -0.270 e. The molecule has 5 heteroatoms. The zero-order chi connectivity index (χ0) is 10.4. The number of hydrogen-bond donors (Lipinski definition) is 1. The summed E-state index contributed by atoms with van der Waals surface area (Å²) < 4.78 is 0. The largest absolute Gasteiger partial charge is 0.276 e. The number of carbonyl (C=O) groups excluding carboxylic acids is 1. The first-order valence-corrected chi connectivity index (χ1v) is 4.81. The Hall–Kier alpha value is -0.770. The van der Waals surface area contributed by atoms with Crippen LogP contribution in [0.2, 0.25) is 0 Å². The lowest BCUT2D eigenvalue weighted by Crippen LogP contribution is -2.28. The molecule has 1 N–H and O–H groups in total. The van der Waals surface area contributed by atoms with E-state index in [0.29, 0.717) is 0 Å². The monoisotopic (exact) mass is 233 g/mol. The number of nitrogens with one attached hydrogen (secondary N) is 1. The van der Waals surface area contributed by atoms with Gasteiger partial charge in [-0.1, -0.05) is 53.5 Å². The number of hydroxylamine groups is 1. The van der Waals surface area contributed by atoms with Gasteiger partial charge in [-0.2, -0.15) is 0 Å². The fourth-order valence-electron chi connectivity index (χ4n) is 0.809. The van der Waals surface area contributed by atoms with Gasteiger partial charge in [-0.3, -0.25) is 9.63 Å². The van der Waals surface area contributed by atoms with Gasteiger partial charge in [0.05, 0.1) is 6.61 Å². The van der Waals surface area contributed by atoms with Gasteiger partial charge in [0.2, 0.25) is 0 Å². The van der Waals surface area contributed by atoms with Crippen molar-refractivity contribution in [1.82, 2.24) is 5.48 Å². The maximum Gasteiger partial charge on any atom is 0.276 e. The van der Waals surface area contributed by atoms with Crippen LogP contribution in [0.4, 0.5) is 0 Å². The van der Waals surface area contributed by atoms with E-state index in [1.807, 2.05) is 30.3 Å². The van der Waals surface area contributed by atoms with Gasteiger partial charge in [0, 0.05) is 0 Å². The van der Waals surface area contributed by atoms with Crippen LogP contribution in [0, 0.1) is 0 Å². The molecule has 0 spiro atoms. The third-order valence-corrected chi connectivity index (χ3v) is 1.85. The van der Waals surface area contributed by atoms with E-state index in [-0.39, 0.29) is 6.61 Å². The van der Waals surface area contributed by atoms with Gasteiger partial charge in [-0.05, 0) is 5.56 Å². The van der Waals surface area contributed by atoms with Gasteiger partial charge in [0.15, 0.2) is 4.84 Å². The quantitative estimate of drug-likeness (QED) is 0.639. The van der Waals surface area contributed by atoms with E-state index in [9.17, 15) is 4.79 Å². The Kier molecular flexibility index (Phi) is 4.73. The summed E-state index contributed by atoms with van der Waals surface area (Å²) in [6, 6.07) is 9.42. The van der Waals surface area contributed by atoms with Gasteiger partial charge in [-0.15, -0.1) is 0 Å². The molecule has 0 saturated carbocycles. The standard InChI is InChI=1S/C9H9Cl2NO2/c10-8(11)9(13)12-14-6-7-4-2-1-3-5-7/h1-5,8H,6H2,(H,12,13). The molecule has 0 unspecified atom stereocenters. The summed E-state index contributed by atoms with van der Waals surface area (Å²) in [4.78, 5) is 14.6. The van der Waals surface area contributed by atoms with Crippen molar-refractivity contribution in [3.05, 3.63) is 35.9 Å². The molecule has 1 amide bonds. The highest BCUT2D eigenvalue weighted by atomic mass is 35.5. The molecule has 3 nitrogen and oxygen atoms in total. The van der Waals surface area contributed by atoms with E-state index < -0.39 is 10.7 Å². The number of hydrogen-bond acceptors (Lipinski definition) is 2. The van der Waals surface area contributed by atoms with Crippen LogP contribution in [0.15, 0.2) is 30.3 Å². The van der Waals surface area contributed by atoms with E-state index in [4.69, 9.17) is 28.0 Å². The van der Waals surface area contributed by atoms with Crippen LogP contribution in [-0.4, -0.2) is 10.7 Å². The van der Waals surface area contributed by atoms with E-state index >= 15 is 0 Å². The first-order valence-electron chi connectivity index (χ1n) is 3.94. The number of carbonyl (C=O) groups is 1. The highest BCUT2D eigenvalue weighted by Crippen LogP contribution is 2.02. The van der Waals surface area contributed by atoms with Gasteiger partial charge in [0.25, 0.3) is 5.91 Å². The molecule has 0 aliphatic carbocycles. The number of alkyl halides is 2. The van der Waals surface area contributed by atoms with E-state index in [2.05, 4.69) is 5.48 Å². The van der Waals surface area contributed by atoms with Crippen molar-refractivity contribution < 1.29 is 9.63 Å². The molecule has 76 valence electrons. The maximum atomic E-state index is 10.8. The molecule has 0 aromatic heterocycles. The van der Waals surface area contributed by atoms with Crippen molar-refractivity contribution in [2.45, 2.75) is 11.4 Å². The van der Waals surface area contributed by atoms with Crippen molar-refractivity contribution in [2.75, 3.05) is 0 Å². The number of halogens is 2. The van der Waals surface area contributed by atoms with Crippen molar-refractivity contribution >= 4 is 29.1 Å². The Labute approximate surface area is 91.9 Å². The predicted molar refractivity (Wildman–Crippen MR) is 54.9 cm³/mol. The van der Waals surface area contributed by atoms with Crippen molar-refractivity contribution in [2.24, 2.45) is 0 Å². The Morgan fingerprint density at radius 2 is 2.00 bits per heavy atom. The summed E-state index contributed by atoms with van der Waals surface area (Å²) in [5.74, 6) is -0.565. The molecule has 1 aromatic carbocycles. The second-order valence-corrected chi connectivity index (χ2v) is 3.64. The zero-order valence-corrected chi connectivity index (χ0v) is 8.76. The minimum atomic E-state index is -1.11. The van der Waals surface area contributed by atoms with Gasteiger partial charge in [-0.25, -0.2) is 5.48 Å². The summed E-state index contributed by atoms with van der Waals surface area (Å²) in [5.41, 5.74) is 3.08. The summed E-state index contributed by atoms with van der Waals surface area (Å²) in [6.45, 7) is 0.285. The lowest BCUT2D eigenvalue weighted by Gasteiger charge is -2.05. The van der Waals surface area contributed by atoms with Crippen LogP contribution in [0.1, 0.15) is 5.56 Å². The summed E-state index contributed by atoms with van der Waals surface area (Å²) in [6.07, 6.45) is 0. The SMILES string of the molecule is O=C(NOCc1ccccc1)C(Cl)Cl. The highest BCUT2D eigenvalue weighted by Gasteiger charge is 2.10. The summed E-state index contributed by atoms with van der Waals surface area (Å²) >= 11 is 10.6. The molecule has 1 aromatic rings. The lowest BCUT2D eigenvalue weighted by atomic mass is 10.2. The molecule has 0 saturated heterocycles. The first-order chi connectivity index (χ1) is 6.70. The van der Waals surface area contributed by atoms with Crippen LogP contribution >= 0.6 is 23.2 Å². The Morgan fingerprint density at radius 1 is 1.36 bits per heavy atom. The minimum absolute atomic E-state index is 0.285. The van der Waals surface area contributed by atoms with Crippen LogP contribution in [0.5, 0.6) is 0 Å². The topological polar surface area (TPSA) is 38.3 Å². The second-order valence-electron chi connectivity index (χ2n) is 2.54. The molecule has 0 atom stereocenters. The predicted octanol–water partition coefficient (Wildman–Crippen LogP) is 2.04. The van der Waals surface area contributed by atoms with Crippen molar-refractivity contribution in [3.8, 4) is 0 Å². The molecule has 14 heavy (non-hydrogen) atoms. The molecule has 0 bridgehead atoms. The molecule has 0 heterocycles. The lowest BCUT2D eigenvalue weighted by molar-refractivity contribution is -0.132. The average Bonchev–Trinajstić information content (AvgIpc) is 2.19. The summed E-state index contributed by atoms with van der Waals surface area (Å²) in [7, 11) is 0. The summed E-state index contributed by atoms with van der Waals surface area (Å²) in [5, 5.41) is 0. The van der Waals surface area contributed by atoms with E-state index in [1.54, 1.807) is 0 Å². The number of rotatable bonds is 4. The number of benzene rings is 1. The smallest absolute Gasteiger partial charge is 0.270 e. The fraction of sp³-hybridized carbons (Fsp3) is 0.222. The van der Waals surface area contributed by atoms with Crippen LogP contribution in [0.3, 0.4) is 0 Å². The highest BCUT2D eigenvalue weighted by molar-refractivity contribution is 6.53. The number of amides is 1. The van der Waals surface area contributed by atoms with Gasteiger partial charge in [0.1, 0.15) is 0 Å². The molecule has 1 rings (SSSR count). The third-order valence-electron chi connectivity index (χ3n) is 1.45. The van der Waals surface area contributed by atoms with Crippen molar-refractivity contribution in [3.63, 3.8) is 0 Å². The molecule has 0 aliphatic heterocycles. The second kappa shape index (κ2) is 5.86. The average molecular weight is 234 g/mol. The zero-order valence-electron chi connectivity index (χ0n) is 7.24. The Balaban J connectivity index is 2.26. The molecule has 0 aliphatic rings. The molecule has 0 fully saturated rings. The van der Waals surface area contributed by atoms with E-state index in [1.165, 1.54) is 0 Å². The maximum absolute atomic E-state index is 10.8. The van der Waals surface area contributed by atoms with Crippen molar-refractivity contribution in [1.29, 1.82) is 0 Å². The normalized spacial score (nSPS) is 10.2.